The Morgan fingerprint density at radius 2 is 1.86 bits per heavy atom. The zero-order valence-electron chi connectivity index (χ0n) is 16.1. The molecular formula is C21H20N2O5S. The number of methoxy groups -OCH3 is 2. The van der Waals surface area contributed by atoms with E-state index in [-0.39, 0.29) is 17.2 Å². The van der Waals surface area contributed by atoms with Crippen molar-refractivity contribution in [3.8, 4) is 17.2 Å². The third-order valence-corrected chi connectivity index (χ3v) is 5.29. The summed E-state index contributed by atoms with van der Waals surface area (Å²) < 4.78 is 12.6. The van der Waals surface area contributed by atoms with Gasteiger partial charge < -0.3 is 24.5 Å². The summed E-state index contributed by atoms with van der Waals surface area (Å²) >= 11 is 1.18. The molecule has 1 heterocycles. The van der Waals surface area contributed by atoms with E-state index in [0.717, 1.165) is 0 Å². The van der Waals surface area contributed by atoms with Crippen molar-refractivity contribution in [1.82, 2.24) is 4.57 Å². The minimum absolute atomic E-state index is 0.0161. The summed E-state index contributed by atoms with van der Waals surface area (Å²) in [4.78, 5) is 24.9. The topological polar surface area (TPSA) is 89.8 Å². The molecule has 0 atom stereocenters. The Morgan fingerprint density at radius 3 is 2.55 bits per heavy atom. The first kappa shape index (κ1) is 20.2. The highest BCUT2D eigenvalue weighted by atomic mass is 32.1. The number of phenolic OH excluding ortho intramolecular Hbond substituents is 1. The molecule has 150 valence electrons. The van der Waals surface area contributed by atoms with Crippen molar-refractivity contribution in [2.24, 2.45) is 7.05 Å². The molecule has 1 amide bonds. The van der Waals surface area contributed by atoms with E-state index >= 15 is 0 Å². The number of phenols is 1. The molecule has 0 unspecified atom stereocenters. The highest BCUT2D eigenvalue weighted by molar-refractivity contribution is 7.07. The minimum Gasteiger partial charge on any atom is -0.504 e. The monoisotopic (exact) mass is 412 g/mol. The second kappa shape index (κ2) is 8.66. The van der Waals surface area contributed by atoms with Crippen LogP contribution in [-0.2, 0) is 11.8 Å². The molecule has 0 aliphatic carbocycles. The van der Waals surface area contributed by atoms with Gasteiger partial charge >= 0.3 is 0 Å². The number of hydrogen-bond donors (Lipinski definition) is 2. The van der Waals surface area contributed by atoms with Gasteiger partial charge in [0.2, 0.25) is 0 Å². The normalized spacial score (nSPS) is 12.1. The summed E-state index contributed by atoms with van der Waals surface area (Å²) in [5.41, 5.74) is 0.951. The second-order valence-electron chi connectivity index (χ2n) is 6.08. The number of aromatic nitrogens is 1. The van der Waals surface area contributed by atoms with Crippen LogP contribution in [0.15, 0.2) is 47.3 Å². The molecule has 0 spiro atoms. The van der Waals surface area contributed by atoms with Crippen molar-refractivity contribution in [2.75, 3.05) is 19.5 Å². The predicted molar refractivity (Wildman–Crippen MR) is 113 cm³/mol. The van der Waals surface area contributed by atoms with Gasteiger partial charge in [-0.3, -0.25) is 9.59 Å². The molecule has 2 N–H and O–H groups in total. The van der Waals surface area contributed by atoms with Gasteiger partial charge in [0.15, 0.2) is 11.5 Å². The van der Waals surface area contributed by atoms with E-state index in [0.29, 0.717) is 31.9 Å². The molecule has 0 saturated carbocycles. The van der Waals surface area contributed by atoms with Crippen molar-refractivity contribution in [1.29, 1.82) is 0 Å². The molecule has 0 radical (unpaired) electrons. The summed E-state index contributed by atoms with van der Waals surface area (Å²) in [5, 5.41) is 12.7. The molecule has 0 saturated heterocycles. The van der Waals surface area contributed by atoms with Gasteiger partial charge in [0.1, 0.15) is 10.4 Å². The zero-order chi connectivity index (χ0) is 21.0. The molecule has 29 heavy (non-hydrogen) atoms. The van der Waals surface area contributed by atoms with E-state index in [4.69, 9.17) is 9.47 Å². The van der Waals surface area contributed by atoms with Crippen LogP contribution in [0, 0.1) is 0 Å². The highest BCUT2D eigenvalue weighted by Crippen LogP contribution is 2.26. The van der Waals surface area contributed by atoms with Crippen LogP contribution >= 0.6 is 11.3 Å². The minimum atomic E-state index is -0.375. The van der Waals surface area contributed by atoms with Crippen LogP contribution in [0.1, 0.15) is 5.56 Å². The number of nitrogens with one attached hydrogen (secondary N) is 1. The van der Waals surface area contributed by atoms with Gasteiger partial charge in [-0.2, -0.15) is 0 Å². The number of anilines is 1. The summed E-state index contributed by atoms with van der Waals surface area (Å²) in [7, 11) is 4.59. The maximum atomic E-state index is 12.5. The molecule has 2 aromatic carbocycles. The number of para-hydroxylation sites is 2. The maximum Gasteiger partial charge on any atom is 0.268 e. The number of hydrogen-bond acceptors (Lipinski definition) is 6. The first-order chi connectivity index (χ1) is 13.9. The van der Waals surface area contributed by atoms with Gasteiger partial charge in [-0.25, -0.2) is 0 Å². The van der Waals surface area contributed by atoms with Gasteiger partial charge in [0.25, 0.3) is 11.5 Å². The quantitative estimate of drug-likeness (QED) is 0.662. The van der Waals surface area contributed by atoms with Crippen molar-refractivity contribution >= 4 is 35.1 Å². The van der Waals surface area contributed by atoms with Crippen LogP contribution in [0.25, 0.3) is 12.2 Å². The summed E-state index contributed by atoms with van der Waals surface area (Å²) in [5.74, 6) is 0.503. The molecule has 0 aliphatic rings. The Kier molecular flexibility index (Phi) is 6.04. The summed E-state index contributed by atoms with van der Waals surface area (Å²) in [6.07, 6.45) is 3.02. The second-order valence-corrected chi connectivity index (χ2v) is 7.14. The van der Waals surface area contributed by atoms with E-state index in [2.05, 4.69) is 5.32 Å². The lowest BCUT2D eigenvalue weighted by Crippen LogP contribution is -2.29. The first-order valence-electron chi connectivity index (χ1n) is 8.63. The molecular weight excluding hydrogens is 392 g/mol. The van der Waals surface area contributed by atoms with E-state index in [1.807, 2.05) is 0 Å². The average Bonchev–Trinajstić information content (AvgIpc) is 2.96. The van der Waals surface area contributed by atoms with Gasteiger partial charge in [0, 0.05) is 13.1 Å². The lowest BCUT2D eigenvalue weighted by Gasteiger charge is -2.07. The van der Waals surface area contributed by atoms with Crippen molar-refractivity contribution in [2.45, 2.75) is 0 Å². The molecule has 1 aromatic heterocycles. The van der Waals surface area contributed by atoms with Crippen LogP contribution in [-0.4, -0.2) is 29.8 Å². The van der Waals surface area contributed by atoms with Crippen molar-refractivity contribution in [3.63, 3.8) is 0 Å². The fraction of sp³-hybridized carbons (Fsp3) is 0.143. The standard InChI is InChI=1S/C21H20N2O5S/c1-23-20(12-19(25)22-14-6-4-5-7-16(14)27-2)29-18(21(23)26)11-13-8-9-17(28-3)15(24)10-13/h4-12,24H,1-3H3,(H,22,25)/b18-11+,20-12-. The fourth-order valence-electron chi connectivity index (χ4n) is 2.68. The Labute approximate surface area is 170 Å². The zero-order valence-corrected chi connectivity index (χ0v) is 16.9. The van der Waals surface area contributed by atoms with Crippen molar-refractivity contribution < 1.29 is 19.4 Å². The van der Waals surface area contributed by atoms with Crippen molar-refractivity contribution in [3.05, 3.63) is 67.6 Å². The Morgan fingerprint density at radius 1 is 1.14 bits per heavy atom. The van der Waals surface area contributed by atoms with E-state index in [1.54, 1.807) is 49.5 Å². The number of rotatable bonds is 5. The molecule has 0 aliphatic heterocycles. The SMILES string of the molecule is COc1ccc(/C=c2/s/c(=C\C(=O)Nc3ccccc3OC)n(C)c2=O)cc1O. The Hall–Kier alpha value is -3.52. The maximum absolute atomic E-state index is 12.5. The number of thiazole rings is 1. The Bertz CT molecular complexity index is 1230. The smallest absolute Gasteiger partial charge is 0.268 e. The van der Waals surface area contributed by atoms with Gasteiger partial charge in [-0.15, -0.1) is 11.3 Å². The van der Waals surface area contributed by atoms with Gasteiger partial charge in [-0.1, -0.05) is 18.2 Å². The average molecular weight is 412 g/mol. The first-order valence-corrected chi connectivity index (χ1v) is 9.45. The summed E-state index contributed by atoms with van der Waals surface area (Å²) in [6, 6.07) is 11.9. The molecule has 8 heteroatoms. The molecule has 0 bridgehead atoms. The molecule has 3 rings (SSSR count). The Balaban J connectivity index is 1.95. The lowest BCUT2D eigenvalue weighted by atomic mass is 10.2. The fourth-order valence-corrected chi connectivity index (χ4v) is 3.72. The number of carbonyl (C=O) groups is 1. The number of nitrogens with zero attached hydrogens (tertiary/aromatic N) is 1. The van der Waals surface area contributed by atoms with Crippen LogP contribution in [0.5, 0.6) is 17.2 Å². The lowest BCUT2D eigenvalue weighted by molar-refractivity contribution is -0.110. The number of benzene rings is 2. The number of amides is 1. The van der Waals surface area contributed by atoms with Crippen LogP contribution < -0.4 is 29.5 Å². The number of aromatic hydroxyl groups is 1. The number of carbonyl (C=O) groups excluding carboxylic acids is 1. The number of ether oxygens (including phenoxy) is 2. The van der Waals surface area contributed by atoms with Crippen LogP contribution in [0.2, 0.25) is 0 Å². The van der Waals surface area contributed by atoms with Crippen LogP contribution in [0.4, 0.5) is 5.69 Å². The molecule has 3 aromatic rings. The van der Waals surface area contributed by atoms with E-state index in [1.165, 1.54) is 42.3 Å². The predicted octanol–water partition coefficient (Wildman–Crippen LogP) is 1.42. The third kappa shape index (κ3) is 4.49. The summed E-state index contributed by atoms with van der Waals surface area (Å²) in [6.45, 7) is 0. The molecule has 0 fully saturated rings. The molecule has 7 nitrogen and oxygen atoms in total. The largest absolute Gasteiger partial charge is 0.504 e. The van der Waals surface area contributed by atoms with Crippen LogP contribution in [0.3, 0.4) is 0 Å². The van der Waals surface area contributed by atoms with Gasteiger partial charge in [0.05, 0.1) is 24.4 Å². The van der Waals surface area contributed by atoms with Gasteiger partial charge in [-0.05, 0) is 35.9 Å². The highest BCUT2D eigenvalue weighted by Gasteiger charge is 2.07. The van der Waals surface area contributed by atoms with E-state index in [9.17, 15) is 14.7 Å². The van der Waals surface area contributed by atoms with E-state index < -0.39 is 0 Å². The third-order valence-electron chi connectivity index (χ3n) is 4.18.